The van der Waals surface area contributed by atoms with Crippen LogP contribution in [0.15, 0.2) is 30.3 Å². The normalized spacial score (nSPS) is 13.8. The quantitative estimate of drug-likeness (QED) is 0.721. The lowest BCUT2D eigenvalue weighted by molar-refractivity contribution is 0.0791. The van der Waals surface area contributed by atoms with Crippen molar-refractivity contribution in [2.75, 3.05) is 13.2 Å². The molecule has 0 spiro atoms. The van der Waals surface area contributed by atoms with Gasteiger partial charge in [-0.15, -0.1) is 0 Å². The maximum absolute atomic E-state index is 5.54. The molecule has 0 bridgehead atoms. The summed E-state index contributed by atoms with van der Waals surface area (Å²) in [6.45, 7) is 12.7. The van der Waals surface area contributed by atoms with Crippen molar-refractivity contribution in [1.29, 1.82) is 0 Å². The maximum atomic E-state index is 5.54. The zero-order chi connectivity index (χ0) is 14.3. The Kier molecular flexibility index (Phi) is 6.53. The minimum atomic E-state index is 0.201. The van der Waals surface area contributed by atoms with Crippen LogP contribution in [0.1, 0.15) is 46.6 Å². The topological polar surface area (TPSA) is 21.3 Å². The van der Waals surface area contributed by atoms with Crippen LogP contribution in [-0.4, -0.2) is 25.3 Å². The third kappa shape index (κ3) is 6.22. The first kappa shape index (κ1) is 16.2. The van der Waals surface area contributed by atoms with Gasteiger partial charge in [0, 0.05) is 12.6 Å². The second-order valence-electron chi connectivity index (χ2n) is 6.23. The molecule has 2 heteroatoms. The van der Waals surface area contributed by atoms with E-state index in [0.29, 0.717) is 12.1 Å². The third-order valence-corrected chi connectivity index (χ3v) is 3.42. The Morgan fingerprint density at radius 2 is 1.74 bits per heavy atom. The van der Waals surface area contributed by atoms with Crippen molar-refractivity contribution in [2.45, 2.75) is 58.6 Å². The molecule has 0 aliphatic carbocycles. The van der Waals surface area contributed by atoms with Gasteiger partial charge in [-0.1, -0.05) is 44.2 Å². The number of benzene rings is 1. The van der Waals surface area contributed by atoms with Gasteiger partial charge in [-0.3, -0.25) is 0 Å². The zero-order valence-electron chi connectivity index (χ0n) is 13.1. The van der Waals surface area contributed by atoms with Gasteiger partial charge in [0.25, 0.3) is 0 Å². The Balaban J connectivity index is 2.37. The van der Waals surface area contributed by atoms with Crippen LogP contribution in [0.4, 0.5) is 0 Å². The van der Waals surface area contributed by atoms with E-state index in [2.05, 4.69) is 70.3 Å². The number of nitrogens with one attached hydrogen (secondary N) is 1. The molecule has 1 rings (SSSR count). The first-order chi connectivity index (χ1) is 8.92. The van der Waals surface area contributed by atoms with Gasteiger partial charge < -0.3 is 10.1 Å². The van der Waals surface area contributed by atoms with Crippen LogP contribution in [0.2, 0.25) is 0 Å². The summed E-state index contributed by atoms with van der Waals surface area (Å²) >= 11 is 0. The summed E-state index contributed by atoms with van der Waals surface area (Å²) in [5.41, 5.74) is 1.61. The predicted molar refractivity (Wildman–Crippen MR) is 82.6 cm³/mol. The fourth-order valence-electron chi connectivity index (χ4n) is 2.44. The Bertz CT molecular complexity index is 346. The summed E-state index contributed by atoms with van der Waals surface area (Å²) < 4.78 is 5.54. The molecule has 1 aromatic carbocycles. The van der Waals surface area contributed by atoms with Crippen molar-refractivity contribution in [3.63, 3.8) is 0 Å². The lowest BCUT2D eigenvalue weighted by atomic mass is 9.79. The van der Waals surface area contributed by atoms with Gasteiger partial charge in [0.15, 0.2) is 0 Å². The molecule has 1 aromatic rings. The van der Waals surface area contributed by atoms with E-state index in [-0.39, 0.29) is 5.41 Å². The molecular weight excluding hydrogens is 234 g/mol. The predicted octanol–water partition coefficient (Wildman–Crippen LogP) is 3.76. The van der Waals surface area contributed by atoms with Gasteiger partial charge in [0.1, 0.15) is 0 Å². The van der Waals surface area contributed by atoms with Crippen LogP contribution < -0.4 is 5.32 Å². The Morgan fingerprint density at radius 1 is 1.11 bits per heavy atom. The van der Waals surface area contributed by atoms with Gasteiger partial charge in [-0.25, -0.2) is 0 Å². The van der Waals surface area contributed by atoms with Crippen molar-refractivity contribution in [3.8, 4) is 0 Å². The summed E-state index contributed by atoms with van der Waals surface area (Å²) in [5, 5.41) is 3.54. The SMILES string of the molecule is CC(CC(C)(C)c1ccccc1)NCCOC(C)C. The molecule has 1 N–H and O–H groups in total. The van der Waals surface area contributed by atoms with Gasteiger partial charge in [-0.05, 0) is 38.2 Å². The Hall–Kier alpha value is -0.860. The van der Waals surface area contributed by atoms with Crippen LogP contribution >= 0.6 is 0 Å². The first-order valence-electron chi connectivity index (χ1n) is 7.32. The summed E-state index contributed by atoms with van der Waals surface area (Å²) in [4.78, 5) is 0. The smallest absolute Gasteiger partial charge is 0.0594 e. The molecule has 0 heterocycles. The van der Waals surface area contributed by atoms with E-state index in [4.69, 9.17) is 4.74 Å². The molecule has 0 radical (unpaired) electrons. The van der Waals surface area contributed by atoms with E-state index in [9.17, 15) is 0 Å². The van der Waals surface area contributed by atoms with Crippen molar-refractivity contribution in [1.82, 2.24) is 5.32 Å². The minimum absolute atomic E-state index is 0.201. The van der Waals surface area contributed by atoms with Crippen LogP contribution in [0.5, 0.6) is 0 Å². The van der Waals surface area contributed by atoms with Crippen LogP contribution in [-0.2, 0) is 10.2 Å². The zero-order valence-corrected chi connectivity index (χ0v) is 13.1. The molecular formula is C17H29NO. The van der Waals surface area contributed by atoms with Gasteiger partial charge in [0.2, 0.25) is 0 Å². The third-order valence-electron chi connectivity index (χ3n) is 3.42. The summed E-state index contributed by atoms with van der Waals surface area (Å²) in [7, 11) is 0. The van der Waals surface area contributed by atoms with Crippen molar-refractivity contribution in [2.24, 2.45) is 0 Å². The maximum Gasteiger partial charge on any atom is 0.0594 e. The molecule has 19 heavy (non-hydrogen) atoms. The number of ether oxygens (including phenoxy) is 1. The van der Waals surface area contributed by atoms with Crippen LogP contribution in [0.25, 0.3) is 0 Å². The molecule has 2 nitrogen and oxygen atoms in total. The highest BCUT2D eigenvalue weighted by molar-refractivity contribution is 5.23. The standard InChI is InChI=1S/C17H29NO/c1-14(2)19-12-11-18-15(3)13-17(4,5)16-9-7-6-8-10-16/h6-10,14-15,18H,11-13H2,1-5H3. The molecule has 0 aliphatic heterocycles. The van der Waals surface area contributed by atoms with Crippen molar-refractivity contribution >= 4 is 0 Å². The lowest BCUT2D eigenvalue weighted by Gasteiger charge is -2.29. The molecule has 1 unspecified atom stereocenters. The van der Waals surface area contributed by atoms with Crippen molar-refractivity contribution in [3.05, 3.63) is 35.9 Å². The van der Waals surface area contributed by atoms with E-state index < -0.39 is 0 Å². The summed E-state index contributed by atoms with van der Waals surface area (Å²) in [5.74, 6) is 0. The van der Waals surface area contributed by atoms with Crippen LogP contribution in [0, 0.1) is 0 Å². The lowest BCUT2D eigenvalue weighted by Crippen LogP contribution is -2.35. The van der Waals surface area contributed by atoms with Crippen LogP contribution in [0.3, 0.4) is 0 Å². The second-order valence-corrected chi connectivity index (χ2v) is 6.23. The van der Waals surface area contributed by atoms with Gasteiger partial charge in [0.05, 0.1) is 12.7 Å². The number of rotatable bonds is 8. The molecule has 0 amide bonds. The van der Waals surface area contributed by atoms with Gasteiger partial charge >= 0.3 is 0 Å². The average molecular weight is 263 g/mol. The number of hydrogen-bond donors (Lipinski definition) is 1. The summed E-state index contributed by atoms with van der Waals surface area (Å²) in [6.07, 6.45) is 1.44. The molecule has 0 saturated carbocycles. The fraction of sp³-hybridized carbons (Fsp3) is 0.647. The Morgan fingerprint density at radius 3 is 2.32 bits per heavy atom. The van der Waals surface area contributed by atoms with E-state index >= 15 is 0 Å². The molecule has 108 valence electrons. The minimum Gasteiger partial charge on any atom is -0.377 e. The fourth-order valence-corrected chi connectivity index (χ4v) is 2.44. The average Bonchev–Trinajstić information content (AvgIpc) is 2.35. The van der Waals surface area contributed by atoms with E-state index in [0.717, 1.165) is 19.6 Å². The monoisotopic (exact) mass is 263 g/mol. The molecule has 0 saturated heterocycles. The number of hydrogen-bond acceptors (Lipinski definition) is 2. The van der Waals surface area contributed by atoms with E-state index in [1.165, 1.54) is 5.56 Å². The molecule has 0 fully saturated rings. The molecule has 0 aromatic heterocycles. The highest BCUT2D eigenvalue weighted by Crippen LogP contribution is 2.27. The summed E-state index contributed by atoms with van der Waals surface area (Å²) in [6, 6.07) is 11.2. The molecule has 0 aliphatic rings. The van der Waals surface area contributed by atoms with Crippen molar-refractivity contribution < 1.29 is 4.74 Å². The largest absolute Gasteiger partial charge is 0.377 e. The van der Waals surface area contributed by atoms with E-state index in [1.807, 2.05) is 0 Å². The molecule has 1 atom stereocenters. The highest BCUT2D eigenvalue weighted by Gasteiger charge is 2.22. The van der Waals surface area contributed by atoms with E-state index in [1.54, 1.807) is 0 Å². The Labute approximate surface area is 118 Å². The van der Waals surface area contributed by atoms with Gasteiger partial charge in [-0.2, -0.15) is 0 Å². The second kappa shape index (κ2) is 7.66. The highest BCUT2D eigenvalue weighted by atomic mass is 16.5. The first-order valence-corrected chi connectivity index (χ1v) is 7.32.